The molecule has 5 nitrogen and oxygen atoms in total. The van der Waals surface area contributed by atoms with Crippen LogP contribution < -0.4 is 16.8 Å². The number of nitrogens with two attached hydrogens (primary N) is 2. The number of primary amides is 1. The molecule has 0 aliphatic heterocycles. The van der Waals surface area contributed by atoms with Crippen LogP contribution in [0.5, 0.6) is 0 Å². The molecule has 0 fully saturated rings. The van der Waals surface area contributed by atoms with Crippen molar-refractivity contribution in [1.82, 2.24) is 0 Å². The van der Waals surface area contributed by atoms with Gasteiger partial charge in [-0.3, -0.25) is 9.59 Å². The Balaban J connectivity index is 2.74. The highest BCUT2D eigenvalue weighted by Crippen LogP contribution is 2.23. The number of benzene rings is 1. The second kappa shape index (κ2) is 6.37. The first-order chi connectivity index (χ1) is 8.40. The second-order valence-electron chi connectivity index (χ2n) is 4.12. The first-order valence-electron chi connectivity index (χ1n) is 5.55. The lowest BCUT2D eigenvalue weighted by Crippen LogP contribution is -2.20. The van der Waals surface area contributed by atoms with Crippen LogP contribution >= 0.6 is 11.6 Å². The Morgan fingerprint density at radius 3 is 2.67 bits per heavy atom. The SMILES string of the molecule is CC(N)CCC(=O)Nc1cc(C(N)=O)ccc1Cl. The number of carbonyl (C=O) groups is 2. The number of rotatable bonds is 5. The van der Waals surface area contributed by atoms with Crippen LogP contribution in [0.2, 0.25) is 5.02 Å². The van der Waals surface area contributed by atoms with Crippen molar-refractivity contribution < 1.29 is 9.59 Å². The van der Waals surface area contributed by atoms with Crippen molar-refractivity contribution in [3.8, 4) is 0 Å². The second-order valence-corrected chi connectivity index (χ2v) is 4.53. The van der Waals surface area contributed by atoms with Gasteiger partial charge in [0.25, 0.3) is 0 Å². The molecule has 2 amide bonds. The Morgan fingerprint density at radius 1 is 1.44 bits per heavy atom. The molecule has 98 valence electrons. The van der Waals surface area contributed by atoms with E-state index in [0.29, 0.717) is 29.1 Å². The highest BCUT2D eigenvalue weighted by atomic mass is 35.5. The van der Waals surface area contributed by atoms with Crippen LogP contribution in [-0.4, -0.2) is 17.9 Å². The summed E-state index contributed by atoms with van der Waals surface area (Å²) in [5.41, 5.74) is 11.4. The third kappa shape index (κ3) is 4.35. The molecule has 0 aliphatic rings. The van der Waals surface area contributed by atoms with Crippen molar-refractivity contribution >= 4 is 29.1 Å². The molecule has 6 heteroatoms. The third-order valence-electron chi connectivity index (χ3n) is 2.35. The van der Waals surface area contributed by atoms with Gasteiger partial charge < -0.3 is 16.8 Å². The molecule has 18 heavy (non-hydrogen) atoms. The summed E-state index contributed by atoms with van der Waals surface area (Å²) in [5.74, 6) is -0.770. The van der Waals surface area contributed by atoms with E-state index in [9.17, 15) is 9.59 Å². The van der Waals surface area contributed by atoms with E-state index in [1.807, 2.05) is 6.92 Å². The average Bonchev–Trinajstić information content (AvgIpc) is 2.29. The van der Waals surface area contributed by atoms with Crippen molar-refractivity contribution in [2.45, 2.75) is 25.8 Å². The summed E-state index contributed by atoms with van der Waals surface area (Å²) in [6.45, 7) is 1.83. The highest BCUT2D eigenvalue weighted by molar-refractivity contribution is 6.33. The molecule has 0 aromatic heterocycles. The minimum Gasteiger partial charge on any atom is -0.366 e. The van der Waals surface area contributed by atoms with Gasteiger partial charge in [0.05, 0.1) is 10.7 Å². The van der Waals surface area contributed by atoms with Crippen LogP contribution in [0.4, 0.5) is 5.69 Å². The Bertz CT molecular complexity index is 461. The predicted molar refractivity (Wildman–Crippen MR) is 71.5 cm³/mol. The fourth-order valence-corrected chi connectivity index (χ4v) is 1.51. The van der Waals surface area contributed by atoms with E-state index < -0.39 is 5.91 Å². The first kappa shape index (κ1) is 14.5. The van der Waals surface area contributed by atoms with E-state index in [1.165, 1.54) is 18.2 Å². The Morgan fingerprint density at radius 2 is 2.11 bits per heavy atom. The number of carbonyl (C=O) groups excluding carboxylic acids is 2. The topological polar surface area (TPSA) is 98.2 Å². The van der Waals surface area contributed by atoms with Gasteiger partial charge in [0, 0.05) is 18.0 Å². The van der Waals surface area contributed by atoms with Crippen LogP contribution in [-0.2, 0) is 4.79 Å². The van der Waals surface area contributed by atoms with Crippen molar-refractivity contribution in [2.24, 2.45) is 11.5 Å². The Kier molecular flexibility index (Phi) is 5.12. The molecule has 5 N–H and O–H groups in total. The summed E-state index contributed by atoms with van der Waals surface area (Å²) in [7, 11) is 0. The molecule has 1 aromatic rings. The van der Waals surface area contributed by atoms with Crippen molar-refractivity contribution in [2.75, 3.05) is 5.32 Å². The number of nitrogens with one attached hydrogen (secondary N) is 1. The van der Waals surface area contributed by atoms with E-state index in [2.05, 4.69) is 5.32 Å². The van der Waals surface area contributed by atoms with Crippen LogP contribution in [0.3, 0.4) is 0 Å². The average molecular weight is 270 g/mol. The number of hydrogen-bond acceptors (Lipinski definition) is 3. The molecule has 0 saturated carbocycles. The zero-order valence-electron chi connectivity index (χ0n) is 10.1. The summed E-state index contributed by atoms with van der Waals surface area (Å²) in [6.07, 6.45) is 0.883. The fraction of sp³-hybridized carbons (Fsp3) is 0.333. The number of halogens is 1. The molecule has 0 saturated heterocycles. The van der Waals surface area contributed by atoms with E-state index in [4.69, 9.17) is 23.1 Å². The van der Waals surface area contributed by atoms with Gasteiger partial charge in [-0.15, -0.1) is 0 Å². The van der Waals surface area contributed by atoms with Gasteiger partial charge in [0.2, 0.25) is 11.8 Å². The minimum atomic E-state index is -0.572. The summed E-state index contributed by atoms with van der Waals surface area (Å²) in [4.78, 5) is 22.6. The third-order valence-corrected chi connectivity index (χ3v) is 2.68. The predicted octanol–water partition coefficient (Wildman–Crippen LogP) is 1.50. The molecule has 1 aromatic carbocycles. The fourth-order valence-electron chi connectivity index (χ4n) is 1.35. The maximum absolute atomic E-state index is 11.6. The molecule has 0 spiro atoms. The lowest BCUT2D eigenvalue weighted by molar-refractivity contribution is -0.116. The van der Waals surface area contributed by atoms with Gasteiger partial charge in [0.1, 0.15) is 0 Å². The summed E-state index contributed by atoms with van der Waals surface area (Å²) in [5, 5.41) is 2.98. The molecular weight excluding hydrogens is 254 g/mol. The van der Waals surface area contributed by atoms with Gasteiger partial charge in [-0.25, -0.2) is 0 Å². The summed E-state index contributed by atoms with van der Waals surface area (Å²) >= 11 is 5.92. The summed E-state index contributed by atoms with van der Waals surface area (Å²) < 4.78 is 0. The Labute approximate surface area is 110 Å². The lowest BCUT2D eigenvalue weighted by Gasteiger charge is -2.09. The van der Waals surface area contributed by atoms with E-state index in [-0.39, 0.29) is 11.9 Å². The molecule has 0 radical (unpaired) electrons. The first-order valence-corrected chi connectivity index (χ1v) is 5.92. The maximum Gasteiger partial charge on any atom is 0.248 e. The van der Waals surface area contributed by atoms with Gasteiger partial charge in [-0.1, -0.05) is 11.6 Å². The van der Waals surface area contributed by atoms with Gasteiger partial charge in [-0.2, -0.15) is 0 Å². The minimum absolute atomic E-state index is 0.0387. The molecule has 0 bridgehead atoms. The van der Waals surface area contributed by atoms with Crippen molar-refractivity contribution in [3.05, 3.63) is 28.8 Å². The number of hydrogen-bond donors (Lipinski definition) is 3. The number of anilines is 1. The van der Waals surface area contributed by atoms with E-state index >= 15 is 0 Å². The molecule has 1 rings (SSSR count). The lowest BCUT2D eigenvalue weighted by atomic mass is 10.1. The molecular formula is C12H16ClN3O2. The quantitative estimate of drug-likeness (QED) is 0.755. The van der Waals surface area contributed by atoms with Crippen molar-refractivity contribution in [1.29, 1.82) is 0 Å². The zero-order chi connectivity index (χ0) is 13.7. The smallest absolute Gasteiger partial charge is 0.248 e. The highest BCUT2D eigenvalue weighted by Gasteiger charge is 2.09. The molecule has 0 heterocycles. The zero-order valence-corrected chi connectivity index (χ0v) is 10.8. The number of amides is 2. The van der Waals surface area contributed by atoms with Gasteiger partial charge in [0.15, 0.2) is 0 Å². The van der Waals surface area contributed by atoms with Gasteiger partial charge in [-0.05, 0) is 31.5 Å². The maximum atomic E-state index is 11.6. The van der Waals surface area contributed by atoms with E-state index in [1.54, 1.807) is 0 Å². The standard InChI is InChI=1S/C12H16ClN3O2/c1-7(14)2-5-11(17)16-10-6-8(12(15)18)3-4-9(10)13/h3-4,6-7H,2,5,14H2,1H3,(H2,15,18)(H,16,17). The normalized spacial score (nSPS) is 11.9. The summed E-state index contributed by atoms with van der Waals surface area (Å²) in [6, 6.07) is 4.43. The van der Waals surface area contributed by atoms with Gasteiger partial charge >= 0.3 is 0 Å². The van der Waals surface area contributed by atoms with E-state index in [0.717, 1.165) is 0 Å². The monoisotopic (exact) mass is 269 g/mol. The molecule has 1 atom stereocenters. The van der Waals surface area contributed by atoms with Crippen molar-refractivity contribution in [3.63, 3.8) is 0 Å². The largest absolute Gasteiger partial charge is 0.366 e. The molecule has 1 unspecified atom stereocenters. The van der Waals surface area contributed by atoms with Crippen LogP contribution in [0, 0.1) is 0 Å². The van der Waals surface area contributed by atoms with Crippen LogP contribution in [0.25, 0.3) is 0 Å². The molecule has 0 aliphatic carbocycles. The Hall–Kier alpha value is -1.59. The van der Waals surface area contributed by atoms with Crippen LogP contribution in [0.1, 0.15) is 30.1 Å². The van der Waals surface area contributed by atoms with Crippen LogP contribution in [0.15, 0.2) is 18.2 Å².